The highest BCUT2D eigenvalue weighted by Gasteiger charge is 2.16. The van der Waals surface area contributed by atoms with Crippen molar-refractivity contribution < 1.29 is 9.50 Å². The van der Waals surface area contributed by atoms with Gasteiger partial charge in [-0.25, -0.2) is 4.39 Å². The van der Waals surface area contributed by atoms with Gasteiger partial charge in [-0.15, -0.1) is 0 Å². The van der Waals surface area contributed by atoms with Crippen LogP contribution in [0.4, 0.5) is 4.39 Å². The van der Waals surface area contributed by atoms with E-state index < -0.39 is 5.60 Å². The number of rotatable bonds is 5. The fourth-order valence-corrected chi connectivity index (χ4v) is 1.45. The molecule has 2 nitrogen and oxygen atoms in total. The van der Waals surface area contributed by atoms with Gasteiger partial charge in [0, 0.05) is 13.1 Å². The number of hydrogen-bond acceptors (Lipinski definition) is 2. The summed E-state index contributed by atoms with van der Waals surface area (Å²) in [4.78, 5) is 0. The predicted molar refractivity (Wildman–Crippen MR) is 63.8 cm³/mol. The van der Waals surface area contributed by atoms with Gasteiger partial charge < -0.3 is 10.4 Å². The quantitative estimate of drug-likeness (QED) is 0.806. The van der Waals surface area contributed by atoms with Gasteiger partial charge in [0.15, 0.2) is 0 Å². The van der Waals surface area contributed by atoms with Crippen molar-refractivity contribution in [2.24, 2.45) is 0 Å². The molecule has 16 heavy (non-hydrogen) atoms. The minimum absolute atomic E-state index is 0.207. The lowest BCUT2D eigenvalue weighted by atomic mass is 10.0. The Labute approximate surface area is 96.5 Å². The van der Waals surface area contributed by atoms with Crippen LogP contribution in [0.15, 0.2) is 18.2 Å². The van der Waals surface area contributed by atoms with E-state index in [0.29, 0.717) is 19.5 Å². The summed E-state index contributed by atoms with van der Waals surface area (Å²) in [7, 11) is 0. The van der Waals surface area contributed by atoms with Gasteiger partial charge in [-0.3, -0.25) is 0 Å². The topological polar surface area (TPSA) is 32.3 Å². The molecule has 0 aliphatic heterocycles. The van der Waals surface area contributed by atoms with Crippen LogP contribution < -0.4 is 5.32 Å². The number of benzene rings is 1. The Bertz CT molecular complexity index is 350. The molecule has 2 N–H and O–H groups in total. The molecule has 0 aliphatic carbocycles. The second kappa shape index (κ2) is 5.41. The van der Waals surface area contributed by atoms with Crippen LogP contribution in [0.2, 0.25) is 0 Å². The van der Waals surface area contributed by atoms with Crippen molar-refractivity contribution in [3.8, 4) is 0 Å². The van der Waals surface area contributed by atoms with E-state index in [2.05, 4.69) is 5.32 Å². The van der Waals surface area contributed by atoms with E-state index in [9.17, 15) is 9.50 Å². The van der Waals surface area contributed by atoms with Crippen LogP contribution in [0.3, 0.4) is 0 Å². The molecule has 1 rings (SSSR count). The van der Waals surface area contributed by atoms with Gasteiger partial charge >= 0.3 is 0 Å². The van der Waals surface area contributed by atoms with E-state index in [1.807, 2.05) is 13.8 Å². The molecule has 0 bridgehead atoms. The van der Waals surface area contributed by atoms with Crippen molar-refractivity contribution in [3.05, 3.63) is 35.1 Å². The first-order chi connectivity index (χ1) is 7.44. The molecule has 0 fully saturated rings. The van der Waals surface area contributed by atoms with Crippen molar-refractivity contribution in [1.82, 2.24) is 5.32 Å². The van der Waals surface area contributed by atoms with Crippen molar-refractivity contribution in [2.45, 2.75) is 39.3 Å². The SMILES string of the molecule is CCC(C)(O)CNCc1ccc(F)cc1C. The molecule has 0 spiro atoms. The second-order valence-electron chi connectivity index (χ2n) is 4.52. The third-order valence-electron chi connectivity index (χ3n) is 2.89. The molecule has 1 aromatic carbocycles. The van der Waals surface area contributed by atoms with E-state index in [1.54, 1.807) is 13.0 Å². The first-order valence-electron chi connectivity index (χ1n) is 5.63. The average molecular weight is 225 g/mol. The molecule has 0 aromatic heterocycles. The van der Waals surface area contributed by atoms with Crippen molar-refractivity contribution in [3.63, 3.8) is 0 Å². The monoisotopic (exact) mass is 225 g/mol. The molecule has 0 radical (unpaired) electrons. The molecular weight excluding hydrogens is 205 g/mol. The molecule has 1 atom stereocenters. The van der Waals surface area contributed by atoms with E-state index in [0.717, 1.165) is 11.1 Å². The number of halogens is 1. The molecule has 0 aliphatic rings. The lowest BCUT2D eigenvalue weighted by Gasteiger charge is -2.21. The molecule has 90 valence electrons. The van der Waals surface area contributed by atoms with Crippen LogP contribution in [0.25, 0.3) is 0 Å². The van der Waals surface area contributed by atoms with E-state index in [1.165, 1.54) is 12.1 Å². The molecule has 1 aromatic rings. The molecule has 0 saturated heterocycles. The maximum absolute atomic E-state index is 12.9. The van der Waals surface area contributed by atoms with Crippen LogP contribution in [-0.2, 0) is 6.54 Å². The third-order valence-corrected chi connectivity index (χ3v) is 2.89. The molecule has 0 saturated carbocycles. The summed E-state index contributed by atoms with van der Waals surface area (Å²) in [5, 5.41) is 13.0. The Morgan fingerprint density at radius 1 is 1.44 bits per heavy atom. The van der Waals surface area contributed by atoms with Crippen LogP contribution in [-0.4, -0.2) is 17.3 Å². The Balaban J connectivity index is 2.49. The predicted octanol–water partition coefficient (Wildman–Crippen LogP) is 2.38. The van der Waals surface area contributed by atoms with Gasteiger partial charge in [-0.2, -0.15) is 0 Å². The second-order valence-corrected chi connectivity index (χ2v) is 4.52. The summed E-state index contributed by atoms with van der Waals surface area (Å²) in [5.74, 6) is -0.207. The summed E-state index contributed by atoms with van der Waals surface area (Å²) in [6, 6.07) is 4.76. The van der Waals surface area contributed by atoms with E-state index in [-0.39, 0.29) is 5.82 Å². The molecule has 3 heteroatoms. The van der Waals surface area contributed by atoms with Gasteiger partial charge in [0.1, 0.15) is 5.82 Å². The largest absolute Gasteiger partial charge is 0.389 e. The standard InChI is InChI=1S/C13H20FNO/c1-4-13(3,16)9-15-8-11-5-6-12(14)7-10(11)2/h5-7,15-16H,4,8-9H2,1-3H3. The molecule has 0 amide bonds. The smallest absolute Gasteiger partial charge is 0.123 e. The fourth-order valence-electron chi connectivity index (χ4n) is 1.45. The zero-order valence-electron chi connectivity index (χ0n) is 10.2. The molecule has 0 heterocycles. The van der Waals surface area contributed by atoms with Gasteiger partial charge in [0.25, 0.3) is 0 Å². The maximum Gasteiger partial charge on any atom is 0.123 e. The van der Waals surface area contributed by atoms with Crippen LogP contribution in [0.1, 0.15) is 31.4 Å². The normalized spacial score (nSPS) is 14.8. The molecule has 1 unspecified atom stereocenters. The minimum Gasteiger partial charge on any atom is -0.389 e. The van der Waals surface area contributed by atoms with Crippen LogP contribution in [0.5, 0.6) is 0 Å². The van der Waals surface area contributed by atoms with Gasteiger partial charge in [0.05, 0.1) is 5.60 Å². The van der Waals surface area contributed by atoms with Crippen LogP contribution in [0, 0.1) is 12.7 Å². The Hall–Kier alpha value is -0.930. The average Bonchev–Trinajstić information content (AvgIpc) is 2.21. The fraction of sp³-hybridized carbons (Fsp3) is 0.538. The van der Waals surface area contributed by atoms with Gasteiger partial charge in [-0.05, 0) is 43.5 Å². The van der Waals surface area contributed by atoms with Crippen LogP contribution >= 0.6 is 0 Å². The highest BCUT2D eigenvalue weighted by Crippen LogP contribution is 2.11. The van der Waals surface area contributed by atoms with Gasteiger partial charge in [0.2, 0.25) is 0 Å². The van der Waals surface area contributed by atoms with Crippen molar-refractivity contribution in [2.75, 3.05) is 6.54 Å². The first-order valence-corrected chi connectivity index (χ1v) is 5.63. The lowest BCUT2D eigenvalue weighted by molar-refractivity contribution is 0.0555. The summed E-state index contributed by atoms with van der Waals surface area (Å²) in [6.07, 6.45) is 0.711. The summed E-state index contributed by atoms with van der Waals surface area (Å²) in [5.41, 5.74) is 1.32. The lowest BCUT2D eigenvalue weighted by Crippen LogP contribution is -2.36. The maximum atomic E-state index is 12.9. The van der Waals surface area contributed by atoms with Gasteiger partial charge in [-0.1, -0.05) is 13.0 Å². The number of nitrogens with one attached hydrogen (secondary N) is 1. The van der Waals surface area contributed by atoms with E-state index >= 15 is 0 Å². The first kappa shape index (κ1) is 13.1. The highest BCUT2D eigenvalue weighted by atomic mass is 19.1. The Morgan fingerprint density at radius 2 is 2.12 bits per heavy atom. The minimum atomic E-state index is -0.673. The molecular formula is C13H20FNO. The number of aryl methyl sites for hydroxylation is 1. The third kappa shape index (κ3) is 3.91. The summed E-state index contributed by atoms with van der Waals surface area (Å²) in [6.45, 7) is 6.84. The zero-order valence-corrected chi connectivity index (χ0v) is 10.2. The highest BCUT2D eigenvalue weighted by molar-refractivity contribution is 5.26. The number of hydrogen-bond donors (Lipinski definition) is 2. The van der Waals surface area contributed by atoms with Crippen molar-refractivity contribution in [1.29, 1.82) is 0 Å². The number of aliphatic hydroxyl groups is 1. The Morgan fingerprint density at radius 3 is 2.69 bits per heavy atom. The zero-order chi connectivity index (χ0) is 12.2. The van der Waals surface area contributed by atoms with Crippen molar-refractivity contribution >= 4 is 0 Å². The summed E-state index contributed by atoms with van der Waals surface area (Å²) >= 11 is 0. The summed E-state index contributed by atoms with van der Waals surface area (Å²) < 4.78 is 12.9. The Kier molecular flexibility index (Phi) is 4.44. The van der Waals surface area contributed by atoms with E-state index in [4.69, 9.17) is 0 Å².